The first kappa shape index (κ1) is 17.3. The standard InChI is InChI=1S/C18H15FN6OS/c19-11-4-1-3-10(7-11)8-21-14-9-22-24-18(23-14)15-12-5-2-6-13(17(20)26)16(12)27-25-15/h1-7,9,12,16H,8H2,(H2,20,26)(H,21,23,24). The molecule has 136 valence electrons. The smallest absolute Gasteiger partial charge is 0.245 e. The highest BCUT2D eigenvalue weighted by molar-refractivity contribution is 7.99. The lowest BCUT2D eigenvalue weighted by atomic mass is 9.89. The van der Waals surface area contributed by atoms with Crippen molar-refractivity contribution >= 4 is 29.4 Å². The zero-order chi connectivity index (χ0) is 18.8. The summed E-state index contributed by atoms with van der Waals surface area (Å²) >= 11 is 1.28. The van der Waals surface area contributed by atoms with Crippen LogP contribution in [0.1, 0.15) is 11.4 Å². The summed E-state index contributed by atoms with van der Waals surface area (Å²) in [5, 5.41) is 11.0. The molecular weight excluding hydrogens is 367 g/mol. The first-order valence-electron chi connectivity index (χ1n) is 8.22. The zero-order valence-corrected chi connectivity index (χ0v) is 14.9. The zero-order valence-electron chi connectivity index (χ0n) is 14.0. The Morgan fingerprint density at radius 3 is 3.07 bits per heavy atom. The van der Waals surface area contributed by atoms with E-state index in [1.54, 1.807) is 18.2 Å². The van der Waals surface area contributed by atoms with Gasteiger partial charge in [-0.05, 0) is 29.6 Å². The van der Waals surface area contributed by atoms with Crippen LogP contribution in [-0.2, 0) is 11.3 Å². The number of carbonyl (C=O) groups excluding carboxylic acids is 1. The Bertz CT molecular complexity index is 989. The van der Waals surface area contributed by atoms with Gasteiger partial charge < -0.3 is 11.1 Å². The van der Waals surface area contributed by atoms with Gasteiger partial charge in [-0.15, -0.1) is 5.10 Å². The maximum absolute atomic E-state index is 13.3. The lowest BCUT2D eigenvalue weighted by Gasteiger charge is -2.20. The highest BCUT2D eigenvalue weighted by atomic mass is 32.2. The average molecular weight is 382 g/mol. The van der Waals surface area contributed by atoms with Gasteiger partial charge in [-0.2, -0.15) is 5.10 Å². The molecule has 4 rings (SSSR count). The summed E-state index contributed by atoms with van der Waals surface area (Å²) in [6, 6.07) is 6.32. The van der Waals surface area contributed by atoms with Crippen molar-refractivity contribution in [2.75, 3.05) is 5.32 Å². The molecule has 0 bridgehead atoms. The molecule has 3 N–H and O–H groups in total. The fourth-order valence-electron chi connectivity index (χ4n) is 2.95. The molecule has 1 aromatic carbocycles. The number of fused-ring (bicyclic) bond motifs is 1. The fraction of sp³-hybridized carbons (Fsp3) is 0.167. The van der Waals surface area contributed by atoms with Crippen molar-refractivity contribution in [3.8, 4) is 0 Å². The SMILES string of the molecule is NC(=O)C1=CC=CC2C(c3nncc(NCc4cccc(F)c4)n3)=NSC12. The van der Waals surface area contributed by atoms with Gasteiger partial charge in [-0.25, -0.2) is 13.8 Å². The van der Waals surface area contributed by atoms with Crippen molar-refractivity contribution in [1.29, 1.82) is 0 Å². The Labute approximate surface area is 158 Å². The van der Waals surface area contributed by atoms with E-state index in [4.69, 9.17) is 5.73 Å². The van der Waals surface area contributed by atoms with Crippen molar-refractivity contribution in [2.45, 2.75) is 11.8 Å². The number of rotatable bonds is 5. The van der Waals surface area contributed by atoms with Gasteiger partial charge in [0, 0.05) is 18.0 Å². The van der Waals surface area contributed by atoms with E-state index in [1.807, 2.05) is 12.1 Å². The molecule has 1 amide bonds. The van der Waals surface area contributed by atoms with Gasteiger partial charge >= 0.3 is 0 Å². The molecule has 2 aromatic rings. The minimum atomic E-state index is -0.456. The van der Waals surface area contributed by atoms with E-state index in [2.05, 4.69) is 24.9 Å². The number of carbonyl (C=O) groups is 1. The summed E-state index contributed by atoms with van der Waals surface area (Å²) in [5.41, 5.74) is 7.41. The quantitative estimate of drug-likeness (QED) is 0.767. The number of allylic oxidation sites excluding steroid dienone is 3. The highest BCUT2D eigenvalue weighted by Gasteiger charge is 2.38. The predicted octanol–water partition coefficient (Wildman–Crippen LogP) is 2.04. The Kier molecular flexibility index (Phi) is 4.68. The van der Waals surface area contributed by atoms with Crippen LogP contribution in [0.15, 0.2) is 58.7 Å². The summed E-state index contributed by atoms with van der Waals surface area (Å²) in [7, 11) is 0. The molecule has 1 aromatic heterocycles. The molecule has 0 radical (unpaired) electrons. The Hall–Kier alpha value is -3.07. The van der Waals surface area contributed by atoms with Crippen LogP contribution in [0.5, 0.6) is 0 Å². The van der Waals surface area contributed by atoms with Gasteiger partial charge in [-0.3, -0.25) is 4.79 Å². The Morgan fingerprint density at radius 2 is 2.26 bits per heavy atom. The molecule has 2 heterocycles. The van der Waals surface area contributed by atoms with Crippen LogP contribution in [0.25, 0.3) is 0 Å². The van der Waals surface area contributed by atoms with Gasteiger partial charge in [0.05, 0.1) is 11.4 Å². The van der Waals surface area contributed by atoms with E-state index >= 15 is 0 Å². The molecule has 2 unspecified atom stereocenters. The highest BCUT2D eigenvalue weighted by Crippen LogP contribution is 2.39. The lowest BCUT2D eigenvalue weighted by molar-refractivity contribution is -0.114. The second kappa shape index (κ2) is 7.28. The summed E-state index contributed by atoms with van der Waals surface area (Å²) in [6.07, 6.45) is 6.95. The van der Waals surface area contributed by atoms with Gasteiger partial charge in [-0.1, -0.05) is 30.4 Å². The number of anilines is 1. The molecule has 7 nitrogen and oxygen atoms in total. The third kappa shape index (κ3) is 3.59. The van der Waals surface area contributed by atoms with Gasteiger partial charge in [0.25, 0.3) is 0 Å². The number of halogens is 1. The predicted molar refractivity (Wildman–Crippen MR) is 101 cm³/mol. The number of primary amides is 1. The van der Waals surface area contributed by atoms with Crippen LogP contribution >= 0.6 is 11.9 Å². The normalized spacial score (nSPS) is 20.6. The Balaban J connectivity index is 1.51. The fourth-order valence-corrected chi connectivity index (χ4v) is 4.04. The molecule has 2 aliphatic rings. The molecule has 0 spiro atoms. The van der Waals surface area contributed by atoms with E-state index in [1.165, 1.54) is 30.3 Å². The lowest BCUT2D eigenvalue weighted by Crippen LogP contribution is -2.31. The number of hydrogen-bond donors (Lipinski definition) is 2. The molecule has 2 atom stereocenters. The topological polar surface area (TPSA) is 106 Å². The molecule has 0 saturated carbocycles. The van der Waals surface area contributed by atoms with Crippen molar-refractivity contribution < 1.29 is 9.18 Å². The van der Waals surface area contributed by atoms with Crippen LogP contribution in [0.2, 0.25) is 0 Å². The van der Waals surface area contributed by atoms with Crippen molar-refractivity contribution in [3.05, 3.63) is 71.5 Å². The number of aromatic nitrogens is 3. The van der Waals surface area contributed by atoms with Crippen LogP contribution in [0, 0.1) is 11.7 Å². The largest absolute Gasteiger partial charge is 0.366 e. The van der Waals surface area contributed by atoms with Gasteiger partial charge in [0.1, 0.15) is 17.3 Å². The maximum Gasteiger partial charge on any atom is 0.245 e. The second-order valence-electron chi connectivity index (χ2n) is 6.05. The number of amides is 1. The third-order valence-corrected chi connectivity index (χ3v) is 5.32. The van der Waals surface area contributed by atoms with Crippen molar-refractivity contribution in [1.82, 2.24) is 15.2 Å². The number of nitrogens with one attached hydrogen (secondary N) is 1. The molecule has 0 fully saturated rings. The third-order valence-electron chi connectivity index (χ3n) is 4.24. The number of benzene rings is 1. The first-order valence-corrected chi connectivity index (χ1v) is 9.06. The molecule has 27 heavy (non-hydrogen) atoms. The minimum absolute atomic E-state index is 0.136. The summed E-state index contributed by atoms with van der Waals surface area (Å²) in [5.74, 6) is 0.00711. The average Bonchev–Trinajstić information content (AvgIpc) is 3.11. The molecule has 1 aliphatic carbocycles. The van der Waals surface area contributed by atoms with E-state index in [9.17, 15) is 9.18 Å². The molecule has 1 aliphatic heterocycles. The van der Waals surface area contributed by atoms with E-state index < -0.39 is 5.91 Å². The number of nitrogens with two attached hydrogens (primary N) is 1. The summed E-state index contributed by atoms with van der Waals surface area (Å²) in [6.45, 7) is 0.400. The van der Waals surface area contributed by atoms with Gasteiger partial charge in [0.15, 0.2) is 5.82 Å². The molecular formula is C18H15FN6OS. The van der Waals surface area contributed by atoms with E-state index in [0.29, 0.717) is 29.5 Å². The first-order chi connectivity index (χ1) is 13.1. The monoisotopic (exact) mass is 382 g/mol. The summed E-state index contributed by atoms with van der Waals surface area (Å²) in [4.78, 5) is 16.1. The maximum atomic E-state index is 13.3. The second-order valence-corrected chi connectivity index (χ2v) is 6.95. The number of hydrogen-bond acceptors (Lipinski definition) is 7. The number of nitrogens with zero attached hydrogens (tertiary/aromatic N) is 4. The van der Waals surface area contributed by atoms with Crippen molar-refractivity contribution in [2.24, 2.45) is 16.0 Å². The summed E-state index contributed by atoms with van der Waals surface area (Å²) < 4.78 is 17.7. The Morgan fingerprint density at radius 1 is 1.37 bits per heavy atom. The van der Waals surface area contributed by atoms with E-state index in [-0.39, 0.29) is 17.0 Å². The minimum Gasteiger partial charge on any atom is -0.366 e. The molecule has 0 saturated heterocycles. The van der Waals surface area contributed by atoms with Crippen LogP contribution < -0.4 is 11.1 Å². The van der Waals surface area contributed by atoms with Crippen molar-refractivity contribution in [3.63, 3.8) is 0 Å². The van der Waals surface area contributed by atoms with Crippen LogP contribution in [-0.4, -0.2) is 32.1 Å². The van der Waals surface area contributed by atoms with Crippen LogP contribution in [0.4, 0.5) is 10.2 Å². The van der Waals surface area contributed by atoms with Gasteiger partial charge in [0.2, 0.25) is 5.91 Å². The van der Waals surface area contributed by atoms with E-state index in [0.717, 1.165) is 5.56 Å². The molecule has 9 heteroatoms. The van der Waals surface area contributed by atoms with Crippen LogP contribution in [0.3, 0.4) is 0 Å².